The number of primary amides is 1. The van der Waals surface area contributed by atoms with E-state index in [1.54, 1.807) is 18.2 Å². The van der Waals surface area contributed by atoms with Crippen molar-refractivity contribution in [3.8, 4) is 0 Å². The number of carbonyl (C=O) groups excluding carboxylic acids is 2. The molecule has 0 aliphatic heterocycles. The number of nitrogens with two attached hydrogens (primary N) is 1. The molecule has 4 aromatic rings. The molecule has 0 saturated heterocycles. The zero-order chi connectivity index (χ0) is 24.8. The summed E-state index contributed by atoms with van der Waals surface area (Å²) in [5.41, 5.74) is 7.68. The van der Waals surface area contributed by atoms with Crippen LogP contribution in [0.4, 0.5) is 0 Å². The van der Waals surface area contributed by atoms with Crippen LogP contribution in [-0.2, 0) is 21.4 Å². The predicted molar refractivity (Wildman–Crippen MR) is 143 cm³/mol. The molecule has 35 heavy (non-hydrogen) atoms. The van der Waals surface area contributed by atoms with Crippen LogP contribution < -0.4 is 11.1 Å². The number of halogens is 2. The summed E-state index contributed by atoms with van der Waals surface area (Å²) in [4.78, 5) is 26.9. The van der Waals surface area contributed by atoms with Gasteiger partial charge in [-0.1, -0.05) is 119 Å². The Morgan fingerprint density at radius 1 is 0.800 bits per heavy atom. The number of nitrogens with one attached hydrogen (secondary N) is 1. The zero-order valence-corrected chi connectivity index (χ0v) is 21.2. The van der Waals surface area contributed by atoms with Crippen LogP contribution in [0.3, 0.4) is 0 Å². The Kier molecular flexibility index (Phi) is 7.69. The van der Waals surface area contributed by atoms with Crippen LogP contribution in [0.2, 0.25) is 5.02 Å². The number of benzene rings is 4. The molecular weight excluding hydrogens is 524 g/mol. The van der Waals surface area contributed by atoms with Crippen molar-refractivity contribution in [3.63, 3.8) is 0 Å². The molecule has 4 rings (SSSR count). The third kappa shape index (κ3) is 5.16. The summed E-state index contributed by atoms with van der Waals surface area (Å²) in [6, 6.07) is 33.0. The second-order valence-corrected chi connectivity index (χ2v) is 9.51. The van der Waals surface area contributed by atoms with Gasteiger partial charge in [0, 0.05) is 15.9 Å². The van der Waals surface area contributed by atoms with Gasteiger partial charge in [0.1, 0.15) is 11.5 Å². The van der Waals surface area contributed by atoms with E-state index in [0.717, 1.165) is 26.7 Å². The molecule has 0 aromatic heterocycles. The minimum atomic E-state index is -1.21. The molecule has 0 heterocycles. The van der Waals surface area contributed by atoms with E-state index in [-0.39, 0.29) is 12.3 Å². The van der Waals surface area contributed by atoms with Crippen molar-refractivity contribution >= 4 is 39.3 Å². The summed E-state index contributed by atoms with van der Waals surface area (Å²) in [7, 11) is 0. The molecule has 0 spiro atoms. The number of rotatable bonds is 8. The molecule has 0 aliphatic rings. The Morgan fingerprint density at radius 2 is 1.26 bits per heavy atom. The molecule has 0 fully saturated rings. The van der Waals surface area contributed by atoms with Gasteiger partial charge in [-0.2, -0.15) is 0 Å². The molecule has 176 valence electrons. The fraction of sp³-hybridized carbons (Fsp3) is 0.103. The van der Waals surface area contributed by atoms with Gasteiger partial charge in [-0.05, 0) is 40.5 Å². The second-order valence-electron chi connectivity index (χ2n) is 8.22. The summed E-state index contributed by atoms with van der Waals surface area (Å²) in [5, 5.41) is 3.50. The van der Waals surface area contributed by atoms with Crippen LogP contribution in [0.1, 0.15) is 22.3 Å². The highest BCUT2D eigenvalue weighted by Gasteiger charge is 2.44. The van der Waals surface area contributed by atoms with Gasteiger partial charge in [-0.3, -0.25) is 9.59 Å². The van der Waals surface area contributed by atoms with Gasteiger partial charge < -0.3 is 11.1 Å². The van der Waals surface area contributed by atoms with Gasteiger partial charge in [-0.25, -0.2) is 0 Å². The van der Waals surface area contributed by atoms with Crippen LogP contribution in [0.25, 0.3) is 0 Å². The van der Waals surface area contributed by atoms with E-state index in [9.17, 15) is 9.59 Å². The lowest BCUT2D eigenvalue weighted by molar-refractivity contribution is -0.129. The number of amides is 2. The third-order valence-electron chi connectivity index (χ3n) is 6.04. The number of hydrogen-bond donors (Lipinski definition) is 2. The topological polar surface area (TPSA) is 72.2 Å². The molecule has 0 aliphatic carbocycles. The maximum absolute atomic E-state index is 14.4. The fourth-order valence-electron chi connectivity index (χ4n) is 4.37. The molecule has 4 nitrogen and oxygen atoms in total. The lowest BCUT2D eigenvalue weighted by atomic mass is 9.68. The minimum absolute atomic E-state index is 0.191. The van der Waals surface area contributed by atoms with Crippen molar-refractivity contribution in [2.75, 3.05) is 0 Å². The van der Waals surface area contributed by atoms with Gasteiger partial charge >= 0.3 is 0 Å². The molecule has 4 aromatic carbocycles. The van der Waals surface area contributed by atoms with E-state index < -0.39 is 17.4 Å². The Hall–Kier alpha value is -3.41. The first-order chi connectivity index (χ1) is 16.9. The van der Waals surface area contributed by atoms with E-state index in [2.05, 4.69) is 21.2 Å². The zero-order valence-electron chi connectivity index (χ0n) is 18.8. The SMILES string of the molecule is NC(=O)[C@H](Cc1cc(Cl)ccc1Br)NC(=O)C(c1ccccc1)(c1ccccc1)c1ccccc1. The fourth-order valence-corrected chi connectivity index (χ4v) is 4.97. The lowest BCUT2D eigenvalue weighted by Gasteiger charge is -2.35. The largest absolute Gasteiger partial charge is 0.368 e. The van der Waals surface area contributed by atoms with Gasteiger partial charge in [-0.15, -0.1) is 0 Å². The van der Waals surface area contributed by atoms with Gasteiger partial charge in [0.15, 0.2) is 0 Å². The molecular formula is C29H24BrClN2O2. The first-order valence-corrected chi connectivity index (χ1v) is 12.3. The molecule has 0 bridgehead atoms. The van der Waals surface area contributed by atoms with Crippen molar-refractivity contribution in [1.82, 2.24) is 5.32 Å². The Morgan fingerprint density at radius 3 is 1.69 bits per heavy atom. The molecule has 0 radical (unpaired) electrons. The summed E-state index contributed by atoms with van der Waals surface area (Å²) in [6.45, 7) is 0. The highest BCUT2D eigenvalue weighted by Crippen LogP contribution is 2.39. The summed E-state index contributed by atoms with van der Waals surface area (Å²) in [6.07, 6.45) is 0.191. The van der Waals surface area contributed by atoms with E-state index in [0.29, 0.717) is 5.02 Å². The van der Waals surface area contributed by atoms with Crippen LogP contribution >= 0.6 is 27.5 Å². The standard InChI is InChI=1S/C29H24BrClN2O2/c30-25-17-16-24(31)18-20(25)19-26(27(32)34)33-28(35)29(21-10-4-1-5-11-21,22-12-6-2-7-13-22)23-14-8-3-9-15-23/h1-18,26H,19H2,(H2,32,34)(H,33,35)/t26-/m0/s1. The van der Waals surface area contributed by atoms with Gasteiger partial charge in [0.05, 0.1) is 0 Å². The van der Waals surface area contributed by atoms with Crippen LogP contribution in [-0.4, -0.2) is 17.9 Å². The van der Waals surface area contributed by atoms with E-state index in [1.807, 2.05) is 91.0 Å². The Labute approximate surface area is 218 Å². The molecule has 0 unspecified atom stereocenters. The van der Waals surface area contributed by atoms with E-state index >= 15 is 0 Å². The third-order valence-corrected chi connectivity index (χ3v) is 7.05. The number of hydrogen-bond acceptors (Lipinski definition) is 2. The molecule has 1 atom stereocenters. The molecule has 2 amide bonds. The van der Waals surface area contributed by atoms with Crippen molar-refractivity contribution < 1.29 is 9.59 Å². The normalized spacial score (nSPS) is 12.1. The molecule has 6 heteroatoms. The summed E-state index contributed by atoms with van der Waals surface area (Å²) < 4.78 is 0.780. The van der Waals surface area contributed by atoms with Crippen LogP contribution in [0.5, 0.6) is 0 Å². The van der Waals surface area contributed by atoms with E-state index in [1.165, 1.54) is 0 Å². The van der Waals surface area contributed by atoms with Gasteiger partial charge in [0.25, 0.3) is 0 Å². The molecule has 0 saturated carbocycles. The molecule has 3 N–H and O–H groups in total. The highest BCUT2D eigenvalue weighted by molar-refractivity contribution is 9.10. The minimum Gasteiger partial charge on any atom is -0.368 e. The quantitative estimate of drug-likeness (QED) is 0.280. The van der Waals surface area contributed by atoms with Crippen molar-refractivity contribution in [3.05, 3.63) is 141 Å². The Balaban J connectivity index is 1.85. The predicted octanol–water partition coefficient (Wildman–Crippen LogP) is 5.65. The lowest BCUT2D eigenvalue weighted by Crippen LogP contribution is -2.54. The summed E-state index contributed by atoms with van der Waals surface area (Å²) >= 11 is 9.67. The van der Waals surface area contributed by atoms with E-state index in [4.69, 9.17) is 17.3 Å². The average molecular weight is 548 g/mol. The monoisotopic (exact) mass is 546 g/mol. The maximum atomic E-state index is 14.4. The summed E-state index contributed by atoms with van der Waals surface area (Å²) in [5.74, 6) is -0.976. The van der Waals surface area contributed by atoms with Crippen molar-refractivity contribution in [2.24, 2.45) is 5.73 Å². The Bertz CT molecular complexity index is 1220. The van der Waals surface area contributed by atoms with Crippen LogP contribution in [0.15, 0.2) is 114 Å². The first kappa shape index (κ1) is 24.7. The van der Waals surface area contributed by atoms with Gasteiger partial charge in [0.2, 0.25) is 11.8 Å². The number of carbonyl (C=O) groups is 2. The van der Waals surface area contributed by atoms with Crippen molar-refractivity contribution in [1.29, 1.82) is 0 Å². The smallest absolute Gasteiger partial charge is 0.240 e. The maximum Gasteiger partial charge on any atom is 0.240 e. The second kappa shape index (κ2) is 10.9. The first-order valence-electron chi connectivity index (χ1n) is 11.1. The van der Waals surface area contributed by atoms with Crippen molar-refractivity contribution in [2.45, 2.75) is 17.9 Å². The van der Waals surface area contributed by atoms with Crippen LogP contribution in [0, 0.1) is 0 Å². The average Bonchev–Trinajstić information content (AvgIpc) is 2.88. The highest BCUT2D eigenvalue weighted by atomic mass is 79.9.